The molecule has 0 aromatic heterocycles. The van der Waals surface area contributed by atoms with Crippen molar-refractivity contribution in [1.29, 1.82) is 0 Å². The molecule has 1 saturated heterocycles. The van der Waals surface area contributed by atoms with Gasteiger partial charge >= 0.3 is 0 Å². The third kappa shape index (κ3) is 6.76. The van der Waals surface area contributed by atoms with Gasteiger partial charge in [0.05, 0.1) is 0 Å². The van der Waals surface area contributed by atoms with E-state index in [1.165, 1.54) is 24.3 Å². The number of benzene rings is 4. The molecule has 4 aromatic rings. The largest absolute Gasteiger partial charge is 0.294 e. The fourth-order valence-electron chi connectivity index (χ4n) is 5.49. The summed E-state index contributed by atoms with van der Waals surface area (Å²) in [5.41, 5.74) is 3.14. The first-order chi connectivity index (χ1) is 19.5. The molecule has 1 heterocycles. The number of piperazine rings is 1. The normalized spacial score (nSPS) is 15.8. The van der Waals surface area contributed by atoms with Crippen LogP contribution in [0.3, 0.4) is 0 Å². The highest BCUT2D eigenvalue weighted by Gasteiger charge is 2.31. The number of halogens is 2. The highest BCUT2D eigenvalue weighted by atomic mass is 19.1. The Kier molecular flexibility index (Phi) is 8.89. The van der Waals surface area contributed by atoms with Gasteiger partial charge in [-0.2, -0.15) is 0 Å². The lowest BCUT2D eigenvalue weighted by Crippen LogP contribution is -2.49. The van der Waals surface area contributed by atoms with Gasteiger partial charge in [-0.15, -0.1) is 0 Å². The van der Waals surface area contributed by atoms with Crippen LogP contribution in [0.2, 0.25) is 0 Å². The average Bonchev–Trinajstić information content (AvgIpc) is 3.00. The van der Waals surface area contributed by atoms with Crippen LogP contribution in [0.5, 0.6) is 0 Å². The predicted molar refractivity (Wildman–Crippen MR) is 152 cm³/mol. The molecule has 0 saturated carbocycles. The lowest BCUT2D eigenvalue weighted by Gasteiger charge is -2.42. The van der Waals surface area contributed by atoms with E-state index in [1.807, 2.05) is 60.7 Å². The molecule has 1 aliphatic rings. The Morgan fingerprint density at radius 3 is 1.18 bits per heavy atom. The molecule has 0 bridgehead atoms. The van der Waals surface area contributed by atoms with E-state index in [9.17, 15) is 18.4 Å². The molecule has 40 heavy (non-hydrogen) atoms. The van der Waals surface area contributed by atoms with E-state index in [4.69, 9.17) is 0 Å². The number of rotatable bonds is 10. The predicted octanol–water partition coefficient (Wildman–Crippen LogP) is 6.91. The van der Waals surface area contributed by atoms with Gasteiger partial charge in [-0.3, -0.25) is 19.4 Å². The molecule has 0 spiro atoms. The quantitative estimate of drug-likeness (QED) is 0.206. The zero-order valence-corrected chi connectivity index (χ0v) is 22.3. The molecule has 0 aliphatic carbocycles. The maximum Gasteiger partial charge on any atom is 0.164 e. The molecule has 6 heteroatoms. The summed E-state index contributed by atoms with van der Waals surface area (Å²) in [6.07, 6.45) is 0.585. The molecule has 0 radical (unpaired) electrons. The first-order valence-electron chi connectivity index (χ1n) is 13.6. The Labute approximate surface area is 233 Å². The first kappa shape index (κ1) is 27.6. The number of carbonyl (C=O) groups excluding carboxylic acids is 2. The molecule has 0 unspecified atom stereocenters. The molecule has 5 rings (SSSR count). The molecule has 0 amide bonds. The minimum atomic E-state index is -0.363. The van der Waals surface area contributed by atoms with Crippen molar-refractivity contribution in [3.63, 3.8) is 0 Å². The van der Waals surface area contributed by atoms with E-state index < -0.39 is 0 Å². The molecule has 4 aromatic carbocycles. The van der Waals surface area contributed by atoms with Crippen molar-refractivity contribution in [3.05, 3.63) is 143 Å². The highest BCUT2D eigenvalue weighted by molar-refractivity contribution is 5.97. The van der Waals surface area contributed by atoms with E-state index in [1.54, 1.807) is 24.3 Å². The summed E-state index contributed by atoms with van der Waals surface area (Å²) in [4.78, 5) is 31.1. The van der Waals surface area contributed by atoms with E-state index in [2.05, 4.69) is 9.80 Å². The van der Waals surface area contributed by atoms with Gasteiger partial charge in [-0.1, -0.05) is 60.7 Å². The number of ketones is 2. The fraction of sp³-hybridized carbons (Fsp3) is 0.235. The molecule has 1 fully saturated rings. The van der Waals surface area contributed by atoms with Crippen LogP contribution in [0.25, 0.3) is 0 Å². The van der Waals surface area contributed by atoms with Crippen molar-refractivity contribution in [3.8, 4) is 0 Å². The fourth-order valence-corrected chi connectivity index (χ4v) is 5.49. The maximum absolute atomic E-state index is 13.4. The number of Topliss-reactive ketones (excluding diaryl/α,β-unsaturated/α-hetero) is 2. The van der Waals surface area contributed by atoms with Crippen LogP contribution >= 0.6 is 0 Å². The molecular weight excluding hydrogens is 506 g/mol. The van der Waals surface area contributed by atoms with Crippen molar-refractivity contribution in [2.24, 2.45) is 0 Å². The summed E-state index contributed by atoms with van der Waals surface area (Å²) in [6.45, 7) is 2.91. The minimum Gasteiger partial charge on any atom is -0.294 e. The second-order valence-corrected chi connectivity index (χ2v) is 10.2. The Balaban J connectivity index is 1.32. The zero-order valence-electron chi connectivity index (χ0n) is 22.3. The monoisotopic (exact) mass is 538 g/mol. The van der Waals surface area contributed by atoms with Gasteiger partial charge in [0.25, 0.3) is 0 Å². The number of nitrogens with zero attached hydrogens (tertiary/aromatic N) is 2. The van der Waals surface area contributed by atoms with Crippen molar-refractivity contribution in [1.82, 2.24) is 9.80 Å². The lowest BCUT2D eigenvalue weighted by molar-refractivity contribution is 0.0557. The van der Waals surface area contributed by atoms with Crippen molar-refractivity contribution >= 4 is 11.6 Å². The Hall–Kier alpha value is -4.00. The number of hydrogen-bond donors (Lipinski definition) is 0. The SMILES string of the molecule is O=C(C[C@@H](c1ccccc1)N1CCN([C@@H](CC(=O)c2ccc(F)cc2)c2ccccc2)CC1)c1ccc(F)cc1. The van der Waals surface area contributed by atoms with Gasteiger partial charge in [-0.05, 0) is 59.7 Å². The number of carbonyl (C=O) groups is 2. The summed E-state index contributed by atoms with van der Waals surface area (Å²) in [5.74, 6) is -0.775. The maximum atomic E-state index is 13.4. The van der Waals surface area contributed by atoms with Crippen molar-refractivity contribution < 1.29 is 18.4 Å². The first-order valence-corrected chi connectivity index (χ1v) is 13.6. The van der Waals surface area contributed by atoms with Gasteiger partial charge in [0.1, 0.15) is 11.6 Å². The van der Waals surface area contributed by atoms with Crippen LogP contribution in [-0.2, 0) is 0 Å². The van der Waals surface area contributed by atoms with Gasteiger partial charge in [-0.25, -0.2) is 8.78 Å². The number of hydrogen-bond acceptors (Lipinski definition) is 4. The van der Waals surface area contributed by atoms with Gasteiger partial charge < -0.3 is 0 Å². The van der Waals surface area contributed by atoms with Crippen LogP contribution in [0, 0.1) is 11.6 Å². The molecule has 0 N–H and O–H groups in total. The second kappa shape index (κ2) is 12.9. The molecule has 204 valence electrons. The lowest BCUT2D eigenvalue weighted by atomic mass is 9.94. The Morgan fingerprint density at radius 1 is 0.525 bits per heavy atom. The third-order valence-corrected chi connectivity index (χ3v) is 7.69. The molecular formula is C34H32F2N2O2. The summed E-state index contributed by atoms with van der Waals surface area (Å²) in [6, 6.07) is 31.2. The van der Waals surface area contributed by atoms with Crippen LogP contribution in [0.1, 0.15) is 56.8 Å². The Morgan fingerprint density at radius 2 is 0.850 bits per heavy atom. The standard InChI is InChI=1S/C34H32F2N2O2/c35-29-15-11-27(12-16-29)33(39)23-31(25-7-3-1-4-8-25)37-19-21-38(22-20-37)32(26-9-5-2-6-10-26)24-34(40)28-13-17-30(36)18-14-28/h1-18,31-32H,19-24H2/t31-,32-/m0/s1. The van der Waals surface area contributed by atoms with Gasteiger partial charge in [0.2, 0.25) is 0 Å². The molecule has 1 aliphatic heterocycles. The van der Waals surface area contributed by atoms with Gasteiger partial charge in [0, 0.05) is 62.2 Å². The van der Waals surface area contributed by atoms with Crippen molar-refractivity contribution in [2.75, 3.05) is 26.2 Å². The average molecular weight is 539 g/mol. The Bertz CT molecular complexity index is 1290. The summed E-state index contributed by atoms with van der Waals surface area (Å²) in [7, 11) is 0. The van der Waals surface area contributed by atoms with E-state index in [0.29, 0.717) is 24.0 Å². The second-order valence-electron chi connectivity index (χ2n) is 10.2. The van der Waals surface area contributed by atoms with E-state index in [0.717, 1.165) is 37.3 Å². The topological polar surface area (TPSA) is 40.6 Å². The van der Waals surface area contributed by atoms with E-state index >= 15 is 0 Å². The molecule has 2 atom stereocenters. The summed E-state index contributed by atoms with van der Waals surface area (Å²) >= 11 is 0. The van der Waals surface area contributed by atoms with Crippen molar-refractivity contribution in [2.45, 2.75) is 24.9 Å². The van der Waals surface area contributed by atoms with Gasteiger partial charge in [0.15, 0.2) is 11.6 Å². The van der Waals surface area contributed by atoms with Crippen LogP contribution in [0.15, 0.2) is 109 Å². The van der Waals surface area contributed by atoms with Crippen LogP contribution in [0.4, 0.5) is 8.78 Å². The third-order valence-electron chi connectivity index (χ3n) is 7.69. The minimum absolute atomic E-state index is 0.0247. The smallest absolute Gasteiger partial charge is 0.164 e. The van der Waals surface area contributed by atoms with Crippen LogP contribution in [-0.4, -0.2) is 47.5 Å². The molecule has 4 nitrogen and oxygen atoms in total. The summed E-state index contributed by atoms with van der Waals surface area (Å²) in [5, 5.41) is 0. The summed E-state index contributed by atoms with van der Waals surface area (Å²) < 4.78 is 26.8. The van der Waals surface area contributed by atoms with E-state index in [-0.39, 0.29) is 35.3 Å². The van der Waals surface area contributed by atoms with Crippen LogP contribution < -0.4 is 0 Å². The highest BCUT2D eigenvalue weighted by Crippen LogP contribution is 2.31. The zero-order chi connectivity index (χ0) is 27.9.